The summed E-state index contributed by atoms with van der Waals surface area (Å²) in [6, 6.07) is 0.318. The van der Waals surface area contributed by atoms with E-state index < -0.39 is 6.17 Å². The quantitative estimate of drug-likeness (QED) is 0.851. The molecular weight excluding hydrogens is 257 g/mol. The number of aromatic nitrogens is 2. The van der Waals surface area contributed by atoms with Crippen LogP contribution in [0.15, 0.2) is 6.20 Å². The van der Waals surface area contributed by atoms with Gasteiger partial charge in [0.2, 0.25) is 0 Å². The third-order valence-electron chi connectivity index (χ3n) is 4.69. The number of hydrogen-bond donors (Lipinski definition) is 0. The Hall–Kier alpha value is -0.940. The predicted molar refractivity (Wildman–Crippen MR) is 75.8 cm³/mol. The molecule has 0 aliphatic carbocycles. The minimum atomic E-state index is -0.844. The summed E-state index contributed by atoms with van der Waals surface area (Å²) in [5.74, 6) is 0.439. The van der Waals surface area contributed by atoms with Gasteiger partial charge in [0.05, 0.1) is 31.5 Å². The maximum Gasteiger partial charge on any atom is 0.135 e. The van der Waals surface area contributed by atoms with Crippen molar-refractivity contribution in [3.05, 3.63) is 17.5 Å². The van der Waals surface area contributed by atoms with Crippen molar-refractivity contribution in [1.29, 1.82) is 0 Å². The minimum absolute atomic E-state index is 0.111. The summed E-state index contributed by atoms with van der Waals surface area (Å²) in [5.41, 5.74) is 2.35. The van der Waals surface area contributed by atoms with Gasteiger partial charge in [0.25, 0.3) is 0 Å². The highest BCUT2D eigenvalue weighted by atomic mass is 19.1. The van der Waals surface area contributed by atoms with E-state index in [0.717, 1.165) is 31.9 Å². The van der Waals surface area contributed by atoms with Gasteiger partial charge in [0.15, 0.2) is 0 Å². The molecule has 0 unspecified atom stereocenters. The Morgan fingerprint density at radius 2 is 2.15 bits per heavy atom. The van der Waals surface area contributed by atoms with Crippen LogP contribution in [0.4, 0.5) is 4.39 Å². The van der Waals surface area contributed by atoms with Gasteiger partial charge in [-0.3, -0.25) is 9.58 Å². The number of piperidine rings is 1. The molecule has 112 valence electrons. The normalized spacial score (nSPS) is 28.9. The zero-order valence-corrected chi connectivity index (χ0v) is 12.6. The molecule has 3 heterocycles. The second-order valence-corrected chi connectivity index (χ2v) is 6.34. The molecule has 2 fully saturated rings. The van der Waals surface area contributed by atoms with Crippen LogP contribution in [0.1, 0.15) is 43.5 Å². The third kappa shape index (κ3) is 2.37. The summed E-state index contributed by atoms with van der Waals surface area (Å²) in [6.45, 7) is 9.33. The standard InChI is InChI=1S/C15H24FN3O/c1-10(2)13-6-17-19(11(13)3)15-4-5-18(7-14(15)16)12-8-20-9-12/h6,10,12,14-15H,4-5,7-9H2,1-3H3/t14-,15-/m0/s1. The average Bonchev–Trinajstić information content (AvgIpc) is 2.69. The van der Waals surface area contributed by atoms with E-state index in [0.29, 0.717) is 18.5 Å². The fourth-order valence-electron chi connectivity index (χ4n) is 3.30. The Bertz CT molecular complexity index is 470. The van der Waals surface area contributed by atoms with Crippen molar-refractivity contribution in [2.75, 3.05) is 26.3 Å². The molecule has 4 nitrogen and oxygen atoms in total. The molecule has 0 bridgehead atoms. The van der Waals surface area contributed by atoms with Gasteiger partial charge in [-0.15, -0.1) is 0 Å². The fourth-order valence-corrected chi connectivity index (χ4v) is 3.30. The number of ether oxygens (including phenoxy) is 1. The summed E-state index contributed by atoms with van der Waals surface area (Å²) in [7, 11) is 0. The van der Waals surface area contributed by atoms with Crippen molar-refractivity contribution >= 4 is 0 Å². The van der Waals surface area contributed by atoms with Gasteiger partial charge in [-0.2, -0.15) is 5.10 Å². The fraction of sp³-hybridized carbons (Fsp3) is 0.800. The molecule has 1 aromatic rings. The van der Waals surface area contributed by atoms with E-state index in [-0.39, 0.29) is 6.04 Å². The lowest BCUT2D eigenvalue weighted by Gasteiger charge is -2.42. The zero-order chi connectivity index (χ0) is 14.3. The molecule has 0 amide bonds. The number of halogens is 1. The predicted octanol–water partition coefficient (Wildman–Crippen LogP) is 2.30. The summed E-state index contributed by atoms with van der Waals surface area (Å²) in [6.07, 6.45) is 1.89. The van der Waals surface area contributed by atoms with Gasteiger partial charge in [-0.05, 0) is 24.8 Å². The first-order valence-corrected chi connectivity index (χ1v) is 7.57. The largest absolute Gasteiger partial charge is 0.378 e. The van der Waals surface area contributed by atoms with Gasteiger partial charge in [-0.1, -0.05) is 13.8 Å². The van der Waals surface area contributed by atoms with Gasteiger partial charge in [-0.25, -0.2) is 4.39 Å². The van der Waals surface area contributed by atoms with E-state index in [1.807, 2.05) is 10.9 Å². The molecule has 2 atom stereocenters. The van der Waals surface area contributed by atoms with E-state index in [1.54, 1.807) is 0 Å². The Balaban J connectivity index is 1.72. The van der Waals surface area contributed by atoms with Crippen LogP contribution in [0, 0.1) is 6.92 Å². The topological polar surface area (TPSA) is 30.3 Å². The second-order valence-electron chi connectivity index (χ2n) is 6.34. The molecule has 0 N–H and O–H groups in total. The molecule has 0 saturated carbocycles. The molecule has 0 radical (unpaired) electrons. The lowest BCUT2D eigenvalue weighted by molar-refractivity contribution is -0.0848. The number of likely N-dealkylation sites (tertiary alicyclic amines) is 1. The van der Waals surface area contributed by atoms with Crippen molar-refractivity contribution < 1.29 is 9.13 Å². The zero-order valence-electron chi connectivity index (χ0n) is 12.6. The number of hydrogen-bond acceptors (Lipinski definition) is 3. The van der Waals surface area contributed by atoms with E-state index >= 15 is 0 Å². The summed E-state index contributed by atoms with van der Waals surface area (Å²) >= 11 is 0. The van der Waals surface area contributed by atoms with Gasteiger partial charge in [0, 0.05) is 18.8 Å². The van der Waals surface area contributed by atoms with Crippen molar-refractivity contribution in [3.8, 4) is 0 Å². The SMILES string of the molecule is Cc1c(C(C)C)cnn1[C@H]1CCN(C2COC2)C[C@@H]1F. The molecule has 1 aromatic heterocycles. The first-order chi connectivity index (χ1) is 9.58. The van der Waals surface area contributed by atoms with E-state index in [1.165, 1.54) is 5.56 Å². The maximum atomic E-state index is 14.6. The van der Waals surface area contributed by atoms with Crippen molar-refractivity contribution in [2.45, 2.75) is 51.4 Å². The highest BCUT2D eigenvalue weighted by molar-refractivity contribution is 5.20. The molecule has 0 spiro atoms. The Kier molecular flexibility index (Phi) is 3.82. The second kappa shape index (κ2) is 5.45. The number of alkyl halides is 1. The summed E-state index contributed by atoms with van der Waals surface area (Å²) < 4.78 is 21.7. The van der Waals surface area contributed by atoms with E-state index in [4.69, 9.17) is 4.74 Å². The minimum Gasteiger partial charge on any atom is -0.378 e. The summed E-state index contributed by atoms with van der Waals surface area (Å²) in [5, 5.41) is 4.45. The van der Waals surface area contributed by atoms with Crippen LogP contribution >= 0.6 is 0 Å². The van der Waals surface area contributed by atoms with Crippen LogP contribution < -0.4 is 0 Å². The van der Waals surface area contributed by atoms with E-state index in [2.05, 4.69) is 30.8 Å². The highest BCUT2D eigenvalue weighted by Gasteiger charge is 2.37. The van der Waals surface area contributed by atoms with Crippen LogP contribution in [0.2, 0.25) is 0 Å². The van der Waals surface area contributed by atoms with Gasteiger partial charge >= 0.3 is 0 Å². The van der Waals surface area contributed by atoms with Crippen LogP contribution in [0.25, 0.3) is 0 Å². The molecule has 2 saturated heterocycles. The maximum absolute atomic E-state index is 14.6. The molecule has 3 rings (SSSR count). The molecular formula is C15H24FN3O. The van der Waals surface area contributed by atoms with Crippen LogP contribution in [-0.4, -0.2) is 53.2 Å². The third-order valence-corrected chi connectivity index (χ3v) is 4.69. The first kappa shape index (κ1) is 14.0. The molecule has 2 aliphatic heterocycles. The van der Waals surface area contributed by atoms with Gasteiger partial charge < -0.3 is 4.74 Å². The molecule has 20 heavy (non-hydrogen) atoms. The smallest absolute Gasteiger partial charge is 0.135 e. The van der Waals surface area contributed by atoms with Crippen molar-refractivity contribution in [1.82, 2.24) is 14.7 Å². The Morgan fingerprint density at radius 1 is 1.40 bits per heavy atom. The molecule has 5 heteroatoms. The summed E-state index contributed by atoms with van der Waals surface area (Å²) in [4.78, 5) is 2.23. The number of nitrogens with zero attached hydrogens (tertiary/aromatic N) is 3. The first-order valence-electron chi connectivity index (χ1n) is 7.57. The monoisotopic (exact) mass is 281 g/mol. The van der Waals surface area contributed by atoms with Crippen LogP contribution in [0.5, 0.6) is 0 Å². The van der Waals surface area contributed by atoms with E-state index in [9.17, 15) is 4.39 Å². The van der Waals surface area contributed by atoms with Crippen molar-refractivity contribution in [3.63, 3.8) is 0 Å². The average molecular weight is 281 g/mol. The van der Waals surface area contributed by atoms with Crippen molar-refractivity contribution in [2.24, 2.45) is 0 Å². The van der Waals surface area contributed by atoms with Crippen LogP contribution in [0.3, 0.4) is 0 Å². The molecule has 2 aliphatic rings. The number of rotatable bonds is 3. The lowest BCUT2D eigenvalue weighted by Crippen LogP contribution is -2.55. The Labute approximate surface area is 119 Å². The lowest BCUT2D eigenvalue weighted by atomic mass is 9.99. The Morgan fingerprint density at radius 3 is 2.65 bits per heavy atom. The van der Waals surface area contributed by atoms with Crippen LogP contribution in [-0.2, 0) is 4.74 Å². The van der Waals surface area contributed by atoms with Gasteiger partial charge in [0.1, 0.15) is 6.17 Å². The molecule has 0 aromatic carbocycles. The highest BCUT2D eigenvalue weighted by Crippen LogP contribution is 2.30.